The molecule has 0 aromatic carbocycles. The molecule has 1 saturated heterocycles. The normalized spacial score (nSPS) is 41.4. The molecule has 7 heteroatoms. The second-order valence-corrected chi connectivity index (χ2v) is 8.36. The Hall–Kier alpha value is -0.155. The number of hydrogen-bond donors (Lipinski definition) is 2. The van der Waals surface area contributed by atoms with Gasteiger partial charge in [-0.25, -0.2) is 0 Å². The van der Waals surface area contributed by atoms with E-state index in [0.717, 1.165) is 12.3 Å². The summed E-state index contributed by atoms with van der Waals surface area (Å²) in [6.07, 6.45) is 2.47. The molecule has 7 atom stereocenters. The van der Waals surface area contributed by atoms with Crippen LogP contribution in [0.25, 0.3) is 0 Å². The molecular formula is C15H28BN2O3P. The van der Waals surface area contributed by atoms with E-state index in [9.17, 15) is 4.79 Å². The van der Waals surface area contributed by atoms with E-state index in [-0.39, 0.29) is 36.7 Å². The van der Waals surface area contributed by atoms with Crippen molar-refractivity contribution < 1.29 is 14.1 Å². The zero-order chi connectivity index (χ0) is 16.3. The van der Waals surface area contributed by atoms with Crippen molar-refractivity contribution in [3.63, 3.8) is 0 Å². The molecule has 4 fully saturated rings. The van der Waals surface area contributed by atoms with E-state index >= 15 is 0 Å². The van der Waals surface area contributed by atoms with Crippen LogP contribution in [0, 0.1) is 17.3 Å². The summed E-state index contributed by atoms with van der Waals surface area (Å²) >= 11 is 0. The second-order valence-electron chi connectivity index (χ2n) is 8.02. The van der Waals surface area contributed by atoms with Gasteiger partial charge in [0.1, 0.15) is 0 Å². The van der Waals surface area contributed by atoms with Crippen LogP contribution in [-0.2, 0) is 14.1 Å². The smallest absolute Gasteiger partial charge is 0.404 e. The summed E-state index contributed by atoms with van der Waals surface area (Å²) in [7, 11) is 2.01. The van der Waals surface area contributed by atoms with Gasteiger partial charge in [-0.3, -0.25) is 9.88 Å². The number of amides is 1. The Morgan fingerprint density at radius 3 is 2.59 bits per heavy atom. The molecule has 0 radical (unpaired) electrons. The largest absolute Gasteiger partial charge is 0.481 e. The zero-order valence-electron chi connectivity index (χ0n) is 14.2. The molecule has 1 amide bonds. The fourth-order valence-corrected chi connectivity index (χ4v) is 4.76. The molecule has 0 aromatic heterocycles. The van der Waals surface area contributed by atoms with Gasteiger partial charge < -0.3 is 14.6 Å². The second kappa shape index (κ2) is 5.44. The minimum absolute atomic E-state index is 0.0423. The first-order chi connectivity index (χ1) is 10.2. The Kier molecular flexibility index (Phi) is 4.13. The molecule has 2 bridgehead atoms. The summed E-state index contributed by atoms with van der Waals surface area (Å²) in [6, 6.07) is -0.251. The highest BCUT2D eigenvalue weighted by molar-refractivity contribution is 7.13. The van der Waals surface area contributed by atoms with Crippen molar-refractivity contribution in [3.05, 3.63) is 0 Å². The highest BCUT2D eigenvalue weighted by Gasteiger charge is 2.68. The van der Waals surface area contributed by atoms with Gasteiger partial charge in [-0.05, 0) is 50.9 Å². The molecule has 0 aromatic rings. The standard InChI is InChI=1S/C15H28BN2O3P/c1-8(18-22)13(19)17-9(2)16-20-12-7-10-6-11(14(10,3)4)15(12,5)21-16/h8-12,18H,6-7,22H2,1-5H3,(H,17,19)/t8?,9?,10?,11?,12-,15+/m1/s1. The molecular weight excluding hydrogens is 298 g/mol. The number of carbonyl (C=O) groups excluding carboxylic acids is 1. The Morgan fingerprint density at radius 2 is 2.00 bits per heavy atom. The fraction of sp³-hybridized carbons (Fsp3) is 0.933. The van der Waals surface area contributed by atoms with Crippen molar-refractivity contribution in [3.8, 4) is 0 Å². The number of nitrogens with one attached hydrogen (secondary N) is 2. The maximum Gasteiger partial charge on any atom is 0.481 e. The first kappa shape index (κ1) is 16.7. The summed E-state index contributed by atoms with van der Waals surface area (Å²) in [5.74, 6) is 1.09. The van der Waals surface area contributed by atoms with Crippen LogP contribution in [0.5, 0.6) is 0 Å². The van der Waals surface area contributed by atoms with Crippen LogP contribution in [0.4, 0.5) is 0 Å². The van der Waals surface area contributed by atoms with Gasteiger partial charge in [0.2, 0.25) is 5.91 Å². The lowest BCUT2D eigenvalue weighted by atomic mass is 9.43. The molecule has 1 aliphatic heterocycles. The molecule has 0 spiro atoms. The van der Waals surface area contributed by atoms with E-state index in [1.165, 1.54) is 6.42 Å². The van der Waals surface area contributed by atoms with Gasteiger partial charge in [-0.2, -0.15) is 0 Å². The Balaban J connectivity index is 1.66. The van der Waals surface area contributed by atoms with Crippen molar-refractivity contribution in [1.29, 1.82) is 0 Å². The lowest BCUT2D eigenvalue weighted by Crippen LogP contribution is -2.65. The molecule has 5 unspecified atom stereocenters. The van der Waals surface area contributed by atoms with E-state index in [1.807, 2.05) is 13.8 Å². The van der Waals surface area contributed by atoms with Crippen LogP contribution >= 0.6 is 9.39 Å². The highest BCUT2D eigenvalue weighted by Crippen LogP contribution is 2.65. The Labute approximate surface area is 136 Å². The lowest BCUT2D eigenvalue weighted by molar-refractivity contribution is -0.199. The van der Waals surface area contributed by atoms with E-state index in [0.29, 0.717) is 11.3 Å². The summed E-state index contributed by atoms with van der Waals surface area (Å²) in [6.45, 7) is 10.7. The molecule has 22 heavy (non-hydrogen) atoms. The van der Waals surface area contributed by atoms with Crippen molar-refractivity contribution in [1.82, 2.24) is 10.4 Å². The highest BCUT2D eigenvalue weighted by atomic mass is 31.0. The van der Waals surface area contributed by atoms with Crippen LogP contribution in [0.2, 0.25) is 0 Å². The van der Waals surface area contributed by atoms with Gasteiger partial charge >= 0.3 is 7.12 Å². The Morgan fingerprint density at radius 1 is 1.32 bits per heavy atom. The van der Waals surface area contributed by atoms with E-state index in [4.69, 9.17) is 9.31 Å². The van der Waals surface area contributed by atoms with Crippen molar-refractivity contribution >= 4 is 22.4 Å². The van der Waals surface area contributed by atoms with Gasteiger partial charge in [0, 0.05) is 0 Å². The zero-order valence-corrected chi connectivity index (χ0v) is 15.3. The quantitative estimate of drug-likeness (QED) is 0.608. The van der Waals surface area contributed by atoms with E-state index in [1.54, 1.807) is 0 Å². The first-order valence-electron chi connectivity index (χ1n) is 8.30. The average Bonchev–Trinajstić information content (AvgIpc) is 2.82. The summed E-state index contributed by atoms with van der Waals surface area (Å²) in [5.41, 5.74) is 0.125. The van der Waals surface area contributed by atoms with Crippen LogP contribution < -0.4 is 10.4 Å². The van der Waals surface area contributed by atoms with Gasteiger partial charge in [-0.15, -0.1) is 0 Å². The van der Waals surface area contributed by atoms with Crippen LogP contribution in [0.1, 0.15) is 47.5 Å². The topological polar surface area (TPSA) is 59.6 Å². The predicted octanol–water partition coefficient (Wildman–Crippen LogP) is 1.53. The minimum atomic E-state index is -0.356. The van der Waals surface area contributed by atoms with Gasteiger partial charge in [-0.1, -0.05) is 23.2 Å². The molecule has 1 heterocycles. The third-order valence-corrected chi connectivity index (χ3v) is 6.89. The number of rotatable bonds is 4. The van der Waals surface area contributed by atoms with E-state index < -0.39 is 0 Å². The van der Waals surface area contributed by atoms with Crippen molar-refractivity contribution in [2.45, 2.75) is 71.1 Å². The fourth-order valence-electron chi connectivity index (χ4n) is 4.61. The average molecular weight is 326 g/mol. The molecule has 2 N–H and O–H groups in total. The lowest BCUT2D eigenvalue weighted by Gasteiger charge is -2.64. The van der Waals surface area contributed by atoms with Crippen molar-refractivity contribution in [2.75, 3.05) is 0 Å². The van der Waals surface area contributed by atoms with Gasteiger partial charge in [0.05, 0.1) is 23.7 Å². The maximum atomic E-state index is 12.0. The van der Waals surface area contributed by atoms with Crippen molar-refractivity contribution in [2.24, 2.45) is 17.3 Å². The molecule has 3 saturated carbocycles. The van der Waals surface area contributed by atoms with Gasteiger partial charge in [0.15, 0.2) is 0 Å². The molecule has 3 aliphatic carbocycles. The Bertz CT molecular complexity index is 478. The van der Waals surface area contributed by atoms with E-state index in [2.05, 4.69) is 40.6 Å². The molecule has 4 aliphatic rings. The van der Waals surface area contributed by atoms with Crippen LogP contribution in [-0.4, -0.2) is 36.7 Å². The number of hydrogen-bond acceptors (Lipinski definition) is 4. The minimum Gasteiger partial charge on any atom is -0.404 e. The number of carbonyl (C=O) groups is 1. The SMILES string of the molecule is CC(NC(=O)C(C)NP)B1O[C@@H]2CC3CC(C3(C)C)[C@]2(C)O1. The van der Waals surface area contributed by atoms with Gasteiger partial charge in [0.25, 0.3) is 0 Å². The molecule has 5 nitrogen and oxygen atoms in total. The summed E-state index contributed by atoms with van der Waals surface area (Å²) in [5, 5.41) is 5.85. The third-order valence-electron chi connectivity index (χ3n) is 6.39. The maximum absolute atomic E-state index is 12.0. The van der Waals surface area contributed by atoms with Crippen LogP contribution in [0.3, 0.4) is 0 Å². The van der Waals surface area contributed by atoms with Crippen LogP contribution in [0.15, 0.2) is 0 Å². The third kappa shape index (κ3) is 2.34. The predicted molar refractivity (Wildman–Crippen MR) is 90.0 cm³/mol. The molecule has 4 rings (SSSR count). The first-order valence-corrected chi connectivity index (χ1v) is 8.87. The summed E-state index contributed by atoms with van der Waals surface area (Å²) < 4.78 is 12.5. The summed E-state index contributed by atoms with van der Waals surface area (Å²) in [4.78, 5) is 12.0. The monoisotopic (exact) mass is 326 g/mol. The molecule has 124 valence electrons.